The molecule has 1 saturated heterocycles. The number of allylic oxidation sites excluding steroid dienone is 1. The van der Waals surface area contributed by atoms with Crippen LogP contribution in [0.25, 0.3) is 0 Å². The minimum atomic E-state index is -0.186. The van der Waals surface area contributed by atoms with Gasteiger partial charge in [0, 0.05) is 31.4 Å². The van der Waals surface area contributed by atoms with Crippen LogP contribution in [0.2, 0.25) is 10.0 Å². The molecule has 0 bridgehead atoms. The van der Waals surface area contributed by atoms with Crippen LogP contribution in [0.15, 0.2) is 29.8 Å². The van der Waals surface area contributed by atoms with E-state index in [2.05, 4.69) is 21.6 Å². The molecular formula is C21H29Cl2N3O. The number of urea groups is 1. The summed E-state index contributed by atoms with van der Waals surface area (Å²) in [7, 11) is 0. The summed E-state index contributed by atoms with van der Waals surface area (Å²) in [5.41, 5.74) is 2.26. The molecular weight excluding hydrogens is 381 g/mol. The van der Waals surface area contributed by atoms with Gasteiger partial charge in [-0.25, -0.2) is 4.79 Å². The first-order valence-electron chi connectivity index (χ1n) is 10.0. The van der Waals surface area contributed by atoms with E-state index in [9.17, 15) is 4.79 Å². The van der Waals surface area contributed by atoms with Crippen LogP contribution in [-0.4, -0.2) is 36.6 Å². The molecule has 1 fully saturated rings. The number of benzene rings is 1. The molecule has 1 heterocycles. The van der Waals surface area contributed by atoms with Gasteiger partial charge in [0.15, 0.2) is 0 Å². The van der Waals surface area contributed by atoms with Crippen LogP contribution >= 0.6 is 23.2 Å². The van der Waals surface area contributed by atoms with Gasteiger partial charge in [-0.2, -0.15) is 0 Å². The van der Waals surface area contributed by atoms with Gasteiger partial charge in [0.25, 0.3) is 0 Å². The molecule has 0 atom stereocenters. The van der Waals surface area contributed by atoms with Crippen molar-refractivity contribution in [1.82, 2.24) is 10.2 Å². The first-order valence-corrected chi connectivity index (χ1v) is 10.8. The fraction of sp³-hybridized carbons (Fsp3) is 0.571. The minimum Gasteiger partial charge on any atom is -0.335 e. The second-order valence-corrected chi connectivity index (χ2v) is 8.41. The van der Waals surface area contributed by atoms with Crippen molar-refractivity contribution in [3.8, 4) is 0 Å². The lowest BCUT2D eigenvalue weighted by Gasteiger charge is -2.33. The van der Waals surface area contributed by atoms with Crippen molar-refractivity contribution >= 4 is 34.9 Å². The van der Waals surface area contributed by atoms with Crippen molar-refractivity contribution in [3.63, 3.8) is 0 Å². The number of anilines is 1. The standard InChI is InChI=1S/C21H29Cl2N3O/c22-19-9-8-18(14-20(19)23)25-21(27)24-17-10-12-26(13-11-17)15-16-6-4-2-1-3-5-7-16/h6,8-9,14,17H,1-5,7,10-13,15H2,(H2,24,25,27)/b16-6-. The molecule has 27 heavy (non-hydrogen) atoms. The maximum atomic E-state index is 12.2. The molecule has 0 radical (unpaired) electrons. The van der Waals surface area contributed by atoms with Gasteiger partial charge in [-0.1, -0.05) is 47.7 Å². The smallest absolute Gasteiger partial charge is 0.319 e. The number of likely N-dealkylation sites (tertiary alicyclic amines) is 1. The number of halogens is 2. The number of rotatable bonds is 4. The summed E-state index contributed by atoms with van der Waals surface area (Å²) in [5.74, 6) is 0. The lowest BCUT2D eigenvalue weighted by molar-refractivity contribution is 0.205. The highest BCUT2D eigenvalue weighted by molar-refractivity contribution is 6.42. The number of nitrogens with zero attached hydrogens (tertiary/aromatic N) is 1. The average Bonchev–Trinajstić information content (AvgIpc) is 2.62. The molecule has 0 unspecified atom stereocenters. The second kappa shape index (κ2) is 10.4. The zero-order chi connectivity index (χ0) is 19.1. The predicted molar refractivity (Wildman–Crippen MR) is 114 cm³/mol. The van der Waals surface area contributed by atoms with Gasteiger partial charge in [0.1, 0.15) is 0 Å². The normalized spacial score (nSPS) is 21.6. The van der Waals surface area contributed by atoms with Crippen LogP contribution in [0.4, 0.5) is 10.5 Å². The summed E-state index contributed by atoms with van der Waals surface area (Å²) >= 11 is 11.9. The molecule has 0 saturated carbocycles. The largest absolute Gasteiger partial charge is 0.335 e. The molecule has 4 nitrogen and oxygen atoms in total. The fourth-order valence-electron chi connectivity index (χ4n) is 3.85. The van der Waals surface area contributed by atoms with E-state index in [1.165, 1.54) is 38.5 Å². The monoisotopic (exact) mass is 409 g/mol. The van der Waals surface area contributed by atoms with Gasteiger partial charge >= 0.3 is 6.03 Å². The summed E-state index contributed by atoms with van der Waals surface area (Å²) < 4.78 is 0. The first-order chi connectivity index (χ1) is 13.1. The topological polar surface area (TPSA) is 44.4 Å². The molecule has 0 aromatic heterocycles. The highest BCUT2D eigenvalue weighted by Gasteiger charge is 2.21. The molecule has 1 aliphatic carbocycles. The summed E-state index contributed by atoms with van der Waals surface area (Å²) in [6, 6.07) is 5.13. The van der Waals surface area contributed by atoms with Crippen LogP contribution < -0.4 is 10.6 Å². The van der Waals surface area contributed by atoms with Gasteiger partial charge in [-0.15, -0.1) is 0 Å². The molecule has 148 valence electrons. The molecule has 2 amide bonds. The van der Waals surface area contributed by atoms with E-state index in [-0.39, 0.29) is 12.1 Å². The fourth-order valence-corrected chi connectivity index (χ4v) is 4.15. The van der Waals surface area contributed by atoms with Crippen molar-refractivity contribution in [1.29, 1.82) is 0 Å². The van der Waals surface area contributed by atoms with Crippen LogP contribution in [-0.2, 0) is 0 Å². The summed E-state index contributed by atoms with van der Waals surface area (Å²) in [4.78, 5) is 14.8. The quantitative estimate of drug-likeness (QED) is 0.611. The summed E-state index contributed by atoms with van der Waals surface area (Å²) in [5, 5.41) is 6.82. The molecule has 2 aliphatic rings. The molecule has 1 aliphatic heterocycles. The van der Waals surface area contributed by atoms with Gasteiger partial charge in [0.05, 0.1) is 10.0 Å². The van der Waals surface area contributed by atoms with Crippen LogP contribution in [0.1, 0.15) is 51.4 Å². The Hall–Kier alpha value is -1.23. The van der Waals surface area contributed by atoms with Crippen molar-refractivity contribution in [2.45, 2.75) is 57.4 Å². The minimum absolute atomic E-state index is 0.186. The predicted octanol–water partition coefficient (Wildman–Crippen LogP) is 5.86. The molecule has 1 aromatic rings. The van der Waals surface area contributed by atoms with E-state index in [0.717, 1.165) is 32.5 Å². The van der Waals surface area contributed by atoms with E-state index < -0.39 is 0 Å². The van der Waals surface area contributed by atoms with Crippen molar-refractivity contribution in [3.05, 3.63) is 39.9 Å². The number of hydrogen-bond donors (Lipinski definition) is 2. The second-order valence-electron chi connectivity index (χ2n) is 7.59. The van der Waals surface area contributed by atoms with Crippen molar-refractivity contribution in [2.24, 2.45) is 0 Å². The van der Waals surface area contributed by atoms with E-state index in [0.29, 0.717) is 15.7 Å². The Labute approximate surface area is 172 Å². The number of carbonyl (C=O) groups is 1. The Kier molecular flexibility index (Phi) is 7.86. The maximum Gasteiger partial charge on any atom is 0.319 e. The highest BCUT2D eigenvalue weighted by Crippen LogP contribution is 2.25. The third-order valence-corrected chi connectivity index (χ3v) is 6.15. The first kappa shape index (κ1) is 20.5. The molecule has 3 rings (SSSR count). The highest BCUT2D eigenvalue weighted by atomic mass is 35.5. The lowest BCUT2D eigenvalue weighted by Crippen LogP contribution is -2.46. The Morgan fingerprint density at radius 3 is 2.63 bits per heavy atom. The van der Waals surface area contributed by atoms with E-state index in [1.54, 1.807) is 23.8 Å². The Bertz CT molecular complexity index is 669. The number of hydrogen-bond acceptors (Lipinski definition) is 2. The Morgan fingerprint density at radius 2 is 1.85 bits per heavy atom. The van der Waals surface area contributed by atoms with Gasteiger partial charge in [0.2, 0.25) is 0 Å². The van der Waals surface area contributed by atoms with Gasteiger partial charge < -0.3 is 10.6 Å². The van der Waals surface area contributed by atoms with Crippen LogP contribution in [0.5, 0.6) is 0 Å². The van der Waals surface area contributed by atoms with E-state index in [1.807, 2.05) is 0 Å². The SMILES string of the molecule is O=C(Nc1ccc(Cl)c(Cl)c1)NC1CCN(C/C2=C\CCCCCC2)CC1. The van der Waals surface area contributed by atoms with Crippen LogP contribution in [0.3, 0.4) is 0 Å². The zero-order valence-corrected chi connectivity index (χ0v) is 17.3. The van der Waals surface area contributed by atoms with E-state index in [4.69, 9.17) is 23.2 Å². The molecule has 2 N–H and O–H groups in total. The number of nitrogens with one attached hydrogen (secondary N) is 2. The van der Waals surface area contributed by atoms with Crippen molar-refractivity contribution in [2.75, 3.05) is 25.0 Å². The Morgan fingerprint density at radius 1 is 1.07 bits per heavy atom. The number of amides is 2. The van der Waals surface area contributed by atoms with Gasteiger partial charge in [-0.3, -0.25) is 4.90 Å². The third kappa shape index (κ3) is 6.70. The maximum absolute atomic E-state index is 12.2. The van der Waals surface area contributed by atoms with Crippen LogP contribution in [0, 0.1) is 0 Å². The number of piperidine rings is 1. The Balaban J connectivity index is 1.40. The lowest BCUT2D eigenvalue weighted by atomic mass is 9.98. The summed E-state index contributed by atoms with van der Waals surface area (Å²) in [6.07, 6.45) is 12.4. The number of carbonyl (C=O) groups excluding carboxylic acids is 1. The third-order valence-electron chi connectivity index (χ3n) is 5.41. The van der Waals surface area contributed by atoms with Gasteiger partial charge in [-0.05, 0) is 56.7 Å². The van der Waals surface area contributed by atoms with E-state index >= 15 is 0 Å². The zero-order valence-electron chi connectivity index (χ0n) is 15.8. The summed E-state index contributed by atoms with van der Waals surface area (Å²) in [6.45, 7) is 3.17. The molecule has 1 aromatic carbocycles. The molecule has 0 spiro atoms. The molecule has 6 heteroatoms. The van der Waals surface area contributed by atoms with Crippen molar-refractivity contribution < 1.29 is 4.79 Å². The average molecular weight is 410 g/mol.